The Morgan fingerprint density at radius 2 is 2.18 bits per heavy atom. The van der Waals surface area contributed by atoms with E-state index in [4.69, 9.17) is 10.4 Å². The number of hydrogen-bond donors (Lipinski definition) is 2. The first kappa shape index (κ1) is 19.3. The molecule has 4 nitrogen and oxygen atoms in total. The number of rotatable bonds is 6. The Labute approximate surface area is 167 Å². The van der Waals surface area contributed by atoms with Gasteiger partial charge in [0.1, 0.15) is 12.0 Å². The van der Waals surface area contributed by atoms with E-state index in [2.05, 4.69) is 28.4 Å². The molecule has 3 atom stereocenters. The van der Waals surface area contributed by atoms with Crippen LogP contribution in [-0.2, 0) is 12.8 Å². The number of nitrogens with one attached hydrogen (secondary N) is 2. The molecule has 1 aliphatic heterocycles. The molecule has 0 fully saturated rings. The number of hydrogen-bond acceptors (Lipinski definition) is 4. The first-order valence-corrected chi connectivity index (χ1v) is 10.6. The fraction of sp³-hybridized carbons (Fsp3) is 0.565. The summed E-state index contributed by atoms with van der Waals surface area (Å²) in [5.74, 6) is 1.10. The number of fused-ring (bicyclic) bond motifs is 1. The van der Waals surface area contributed by atoms with E-state index in [-0.39, 0.29) is 11.8 Å². The largest absolute Gasteiger partial charge is 0.326 e. The topological polar surface area (TPSA) is 52.0 Å². The van der Waals surface area contributed by atoms with Gasteiger partial charge in [-0.15, -0.1) is 0 Å². The van der Waals surface area contributed by atoms with Crippen molar-refractivity contribution < 1.29 is 4.39 Å². The Morgan fingerprint density at radius 3 is 2.93 bits per heavy atom. The van der Waals surface area contributed by atoms with Crippen LogP contribution in [0.3, 0.4) is 0 Å². The van der Waals surface area contributed by atoms with Crippen LogP contribution >= 0.6 is 0 Å². The molecule has 0 saturated heterocycles. The second-order valence-electron chi connectivity index (χ2n) is 8.33. The molecule has 0 spiro atoms. The molecule has 4 rings (SSSR count). The van der Waals surface area contributed by atoms with Crippen molar-refractivity contribution in [1.82, 2.24) is 10.3 Å². The number of halogens is 1. The van der Waals surface area contributed by atoms with Crippen LogP contribution in [0.4, 0.5) is 10.2 Å². The maximum absolute atomic E-state index is 14.6. The summed E-state index contributed by atoms with van der Waals surface area (Å²) in [6, 6.07) is 4.37. The predicted molar refractivity (Wildman–Crippen MR) is 113 cm³/mol. The van der Waals surface area contributed by atoms with Gasteiger partial charge in [-0.2, -0.15) is 0 Å². The summed E-state index contributed by atoms with van der Waals surface area (Å²) in [5, 5.41) is 11.0. The lowest BCUT2D eigenvalue weighted by Crippen LogP contribution is -2.36. The molecular formula is C23H31FN4. The first-order chi connectivity index (χ1) is 13.6. The number of aromatic nitrogens is 1. The summed E-state index contributed by atoms with van der Waals surface area (Å²) in [4.78, 5) is 7.26. The fourth-order valence-electron chi connectivity index (χ4n) is 5.08. The summed E-state index contributed by atoms with van der Waals surface area (Å²) >= 11 is 0. The molecule has 0 bridgehead atoms. The molecule has 28 heavy (non-hydrogen) atoms. The van der Waals surface area contributed by atoms with Gasteiger partial charge in [0.05, 0.1) is 0 Å². The van der Waals surface area contributed by atoms with Crippen molar-refractivity contribution in [3.8, 4) is 0 Å². The Hall–Kier alpha value is -2.01. The monoisotopic (exact) mass is 382 g/mol. The molecule has 0 radical (unpaired) electrons. The van der Waals surface area contributed by atoms with E-state index in [1.807, 2.05) is 7.05 Å². The van der Waals surface area contributed by atoms with E-state index in [1.165, 1.54) is 29.5 Å². The summed E-state index contributed by atoms with van der Waals surface area (Å²) < 4.78 is 14.6. The number of allylic oxidation sites excluding steroid dienone is 3. The highest BCUT2D eigenvalue weighted by molar-refractivity contribution is 5.61. The molecule has 2 aliphatic carbocycles. The molecule has 2 N–H and O–H groups in total. The van der Waals surface area contributed by atoms with Gasteiger partial charge in [-0.05, 0) is 87.3 Å². The second kappa shape index (κ2) is 8.16. The van der Waals surface area contributed by atoms with Crippen LogP contribution < -0.4 is 10.2 Å². The number of alkyl halides is 1. The SMILES string of the molecule is CNCC(C=N)C1CC2=C(C=C1C(C)F)N(c1ccc3c(n1)CCC3)CCC2. The van der Waals surface area contributed by atoms with Crippen LogP contribution in [0.25, 0.3) is 0 Å². The quantitative estimate of drug-likeness (QED) is 0.725. The Bertz CT molecular complexity index is 811. The van der Waals surface area contributed by atoms with Gasteiger partial charge in [-0.25, -0.2) is 9.37 Å². The van der Waals surface area contributed by atoms with Gasteiger partial charge in [-0.1, -0.05) is 6.07 Å². The van der Waals surface area contributed by atoms with Crippen LogP contribution in [0, 0.1) is 17.2 Å². The summed E-state index contributed by atoms with van der Waals surface area (Å²) in [5.41, 5.74) is 6.00. The highest BCUT2D eigenvalue weighted by Gasteiger charge is 2.34. The van der Waals surface area contributed by atoms with Gasteiger partial charge in [-0.3, -0.25) is 0 Å². The van der Waals surface area contributed by atoms with Gasteiger partial charge < -0.3 is 15.6 Å². The average Bonchev–Trinajstić information content (AvgIpc) is 3.18. The molecule has 1 aromatic rings. The molecule has 3 aliphatic rings. The number of anilines is 1. The van der Waals surface area contributed by atoms with Crippen LogP contribution in [0.2, 0.25) is 0 Å². The number of nitrogens with zero attached hydrogens (tertiary/aromatic N) is 2. The molecule has 3 unspecified atom stereocenters. The van der Waals surface area contributed by atoms with Crippen LogP contribution in [0.15, 0.2) is 35.1 Å². The standard InChI is InChI=1S/C23H31FN4/c1-15(24)19-12-22-17(11-20(19)18(13-25)14-26-2)6-4-10-28(22)23-9-8-16-5-3-7-21(16)27-23/h8-9,12-13,15,18,20,25-26H,3-7,10-11,14H2,1-2H3. The van der Waals surface area contributed by atoms with Crippen molar-refractivity contribution in [1.29, 1.82) is 5.41 Å². The highest BCUT2D eigenvalue weighted by atomic mass is 19.1. The second-order valence-corrected chi connectivity index (χ2v) is 8.33. The number of pyridine rings is 1. The van der Waals surface area contributed by atoms with Crippen molar-refractivity contribution in [3.63, 3.8) is 0 Å². The van der Waals surface area contributed by atoms with Gasteiger partial charge in [0.15, 0.2) is 0 Å². The third-order valence-electron chi connectivity index (χ3n) is 6.53. The summed E-state index contributed by atoms with van der Waals surface area (Å²) in [6.07, 6.45) is 8.97. The van der Waals surface area contributed by atoms with Crippen LogP contribution in [0.1, 0.15) is 43.9 Å². The Kier molecular flexibility index (Phi) is 5.63. The van der Waals surface area contributed by atoms with E-state index >= 15 is 0 Å². The third-order valence-corrected chi connectivity index (χ3v) is 6.53. The van der Waals surface area contributed by atoms with Crippen LogP contribution in [-0.4, -0.2) is 37.5 Å². The van der Waals surface area contributed by atoms with Crippen LogP contribution in [0.5, 0.6) is 0 Å². The van der Waals surface area contributed by atoms with Gasteiger partial charge >= 0.3 is 0 Å². The Balaban J connectivity index is 1.69. The van der Waals surface area contributed by atoms with E-state index in [1.54, 1.807) is 6.92 Å². The fourth-order valence-corrected chi connectivity index (χ4v) is 5.08. The van der Waals surface area contributed by atoms with Gasteiger partial charge in [0.25, 0.3) is 0 Å². The molecule has 0 saturated carbocycles. The highest BCUT2D eigenvalue weighted by Crippen LogP contribution is 2.42. The maximum atomic E-state index is 14.6. The van der Waals surface area contributed by atoms with E-state index in [0.717, 1.165) is 55.7 Å². The van der Waals surface area contributed by atoms with E-state index in [0.29, 0.717) is 6.54 Å². The summed E-state index contributed by atoms with van der Waals surface area (Å²) in [7, 11) is 1.90. The number of aryl methyl sites for hydroxylation is 2. The van der Waals surface area contributed by atoms with E-state index in [9.17, 15) is 4.39 Å². The molecular weight excluding hydrogens is 351 g/mol. The lowest BCUT2D eigenvalue weighted by atomic mass is 9.74. The maximum Gasteiger partial charge on any atom is 0.133 e. The zero-order chi connectivity index (χ0) is 19.7. The lowest BCUT2D eigenvalue weighted by Gasteiger charge is -2.39. The summed E-state index contributed by atoms with van der Waals surface area (Å²) in [6.45, 7) is 3.27. The Morgan fingerprint density at radius 1 is 1.32 bits per heavy atom. The normalized spacial score (nSPS) is 23.8. The zero-order valence-corrected chi connectivity index (χ0v) is 17.0. The van der Waals surface area contributed by atoms with Crippen molar-refractivity contribution in [2.24, 2.45) is 11.8 Å². The molecule has 2 heterocycles. The lowest BCUT2D eigenvalue weighted by molar-refractivity contribution is 0.338. The third kappa shape index (κ3) is 3.52. The van der Waals surface area contributed by atoms with E-state index < -0.39 is 6.17 Å². The molecule has 0 amide bonds. The molecule has 1 aromatic heterocycles. The van der Waals surface area contributed by atoms with Crippen molar-refractivity contribution in [2.45, 2.75) is 51.6 Å². The smallest absolute Gasteiger partial charge is 0.133 e. The zero-order valence-electron chi connectivity index (χ0n) is 17.0. The van der Waals surface area contributed by atoms with Crippen molar-refractivity contribution in [2.75, 3.05) is 25.0 Å². The molecule has 0 aromatic carbocycles. The first-order valence-electron chi connectivity index (χ1n) is 10.6. The minimum absolute atomic E-state index is 0.0250. The molecule has 5 heteroatoms. The average molecular weight is 383 g/mol. The van der Waals surface area contributed by atoms with Crippen molar-refractivity contribution >= 4 is 12.0 Å². The van der Waals surface area contributed by atoms with Gasteiger partial charge in [0, 0.05) is 36.6 Å². The minimum atomic E-state index is -1.00. The molecule has 150 valence electrons. The minimum Gasteiger partial charge on any atom is -0.326 e. The predicted octanol–water partition coefficient (Wildman–Crippen LogP) is 4.21. The van der Waals surface area contributed by atoms with Gasteiger partial charge in [0.2, 0.25) is 0 Å². The van der Waals surface area contributed by atoms with Crippen molar-refractivity contribution in [3.05, 3.63) is 46.3 Å².